The zero-order chi connectivity index (χ0) is 15.6. The highest BCUT2D eigenvalue weighted by Gasteiger charge is 2.22. The molecule has 0 aromatic heterocycles. The topological polar surface area (TPSA) is 42.3 Å². The van der Waals surface area contributed by atoms with Crippen LogP contribution in [0, 0.1) is 11.3 Å². The summed E-state index contributed by atoms with van der Waals surface area (Å²) in [6.07, 6.45) is 5.64. The maximum atomic E-state index is 9.31. The molecular weight excluding hydrogens is 260 g/mol. The van der Waals surface area contributed by atoms with Gasteiger partial charge in [-0.05, 0) is 58.7 Å². The first kappa shape index (κ1) is 18.4. The van der Waals surface area contributed by atoms with Crippen LogP contribution >= 0.6 is 0 Å². The molecule has 1 saturated heterocycles. The highest BCUT2D eigenvalue weighted by molar-refractivity contribution is 5.03. The summed E-state index contributed by atoms with van der Waals surface area (Å²) in [6.45, 7) is 14.7. The third kappa shape index (κ3) is 7.26. The Morgan fingerprint density at radius 3 is 2.14 bits per heavy atom. The molecule has 1 fully saturated rings. The van der Waals surface area contributed by atoms with Crippen LogP contribution in [0.1, 0.15) is 52.9 Å². The van der Waals surface area contributed by atoms with Crippen molar-refractivity contribution >= 4 is 0 Å². The first-order chi connectivity index (χ1) is 10.1. The minimum absolute atomic E-state index is 0.337. The molecule has 4 nitrogen and oxygen atoms in total. The molecule has 0 aromatic rings. The van der Waals surface area contributed by atoms with Crippen LogP contribution in [0.25, 0.3) is 0 Å². The number of nitriles is 1. The quantitative estimate of drug-likeness (QED) is 0.629. The first-order valence-electron chi connectivity index (χ1n) is 8.74. The average Bonchev–Trinajstić information content (AvgIpc) is 2.51. The minimum atomic E-state index is -0.337. The maximum absolute atomic E-state index is 9.31. The monoisotopic (exact) mass is 294 g/mol. The van der Waals surface area contributed by atoms with Crippen molar-refractivity contribution in [1.82, 2.24) is 15.1 Å². The smallest absolute Gasteiger partial charge is 0.103 e. The molecule has 1 rings (SSSR count). The van der Waals surface area contributed by atoms with E-state index in [1.165, 1.54) is 52.1 Å². The number of hydrogen-bond acceptors (Lipinski definition) is 4. The Labute approximate surface area is 131 Å². The van der Waals surface area contributed by atoms with E-state index in [0.717, 1.165) is 25.8 Å². The Morgan fingerprint density at radius 1 is 1.00 bits per heavy atom. The van der Waals surface area contributed by atoms with Crippen LogP contribution in [0.3, 0.4) is 0 Å². The van der Waals surface area contributed by atoms with Crippen LogP contribution in [0.4, 0.5) is 0 Å². The van der Waals surface area contributed by atoms with Gasteiger partial charge in [0, 0.05) is 26.2 Å². The fourth-order valence-corrected chi connectivity index (χ4v) is 2.95. The Hall–Kier alpha value is -0.630. The van der Waals surface area contributed by atoms with Gasteiger partial charge in [-0.25, -0.2) is 0 Å². The standard InChI is InChI=1S/C17H34N4/c1-4-9-19-17(3,16-18)8-6-7-11-21-14-12-20(10-5-2)13-15-21/h19H,4-15H2,1-3H3. The Kier molecular flexibility index (Phi) is 8.91. The predicted molar refractivity (Wildman–Crippen MR) is 89.3 cm³/mol. The lowest BCUT2D eigenvalue weighted by molar-refractivity contribution is 0.130. The lowest BCUT2D eigenvalue weighted by atomic mass is 9.96. The SMILES string of the molecule is CCCNC(C)(C#N)CCCCN1CCN(CCC)CC1. The van der Waals surface area contributed by atoms with Crippen molar-refractivity contribution in [1.29, 1.82) is 5.26 Å². The molecule has 4 heteroatoms. The molecule has 1 unspecified atom stereocenters. The van der Waals surface area contributed by atoms with Crippen molar-refractivity contribution in [2.24, 2.45) is 0 Å². The van der Waals surface area contributed by atoms with Crippen molar-refractivity contribution in [3.63, 3.8) is 0 Å². The van der Waals surface area contributed by atoms with Gasteiger partial charge in [0.05, 0.1) is 6.07 Å². The van der Waals surface area contributed by atoms with Crippen molar-refractivity contribution in [2.45, 2.75) is 58.4 Å². The lowest BCUT2D eigenvalue weighted by Gasteiger charge is -2.34. The maximum Gasteiger partial charge on any atom is 0.103 e. The van der Waals surface area contributed by atoms with Gasteiger partial charge in [0.25, 0.3) is 0 Å². The van der Waals surface area contributed by atoms with Gasteiger partial charge in [-0.1, -0.05) is 13.8 Å². The molecule has 1 aliphatic heterocycles. The molecule has 0 saturated carbocycles. The van der Waals surface area contributed by atoms with Crippen LogP contribution in [0.2, 0.25) is 0 Å². The highest BCUT2D eigenvalue weighted by Crippen LogP contribution is 2.14. The third-order valence-electron chi connectivity index (χ3n) is 4.42. The molecule has 0 radical (unpaired) electrons. The van der Waals surface area contributed by atoms with Gasteiger partial charge in [0.1, 0.15) is 5.54 Å². The molecule has 0 aromatic carbocycles. The van der Waals surface area contributed by atoms with E-state index in [4.69, 9.17) is 0 Å². The van der Waals surface area contributed by atoms with Gasteiger partial charge in [-0.2, -0.15) is 5.26 Å². The molecule has 1 atom stereocenters. The zero-order valence-corrected chi connectivity index (χ0v) is 14.3. The van der Waals surface area contributed by atoms with Gasteiger partial charge in [-0.3, -0.25) is 5.32 Å². The number of nitrogens with zero attached hydrogens (tertiary/aromatic N) is 3. The Morgan fingerprint density at radius 2 is 1.62 bits per heavy atom. The highest BCUT2D eigenvalue weighted by atomic mass is 15.3. The number of rotatable bonds is 10. The second kappa shape index (κ2) is 10.2. The molecule has 0 bridgehead atoms. The van der Waals surface area contributed by atoms with Crippen molar-refractivity contribution in [2.75, 3.05) is 45.8 Å². The minimum Gasteiger partial charge on any atom is -0.301 e. The van der Waals surface area contributed by atoms with E-state index in [-0.39, 0.29) is 5.54 Å². The van der Waals surface area contributed by atoms with Gasteiger partial charge in [-0.15, -0.1) is 0 Å². The fourth-order valence-electron chi connectivity index (χ4n) is 2.95. The molecule has 1 aliphatic rings. The van der Waals surface area contributed by atoms with Gasteiger partial charge in [0.2, 0.25) is 0 Å². The molecule has 0 aliphatic carbocycles. The van der Waals surface area contributed by atoms with Gasteiger partial charge in [0.15, 0.2) is 0 Å². The van der Waals surface area contributed by atoms with Crippen molar-refractivity contribution in [3.8, 4) is 6.07 Å². The summed E-state index contributed by atoms with van der Waals surface area (Å²) in [6, 6.07) is 2.44. The normalized spacial score (nSPS) is 20.1. The number of unbranched alkanes of at least 4 members (excludes halogenated alkanes) is 1. The van der Waals surface area contributed by atoms with E-state index in [1.54, 1.807) is 0 Å². The van der Waals surface area contributed by atoms with E-state index in [9.17, 15) is 5.26 Å². The van der Waals surface area contributed by atoms with Crippen molar-refractivity contribution < 1.29 is 0 Å². The Bertz CT molecular complexity index is 304. The summed E-state index contributed by atoms with van der Waals surface area (Å²) in [5.41, 5.74) is -0.337. The van der Waals surface area contributed by atoms with E-state index >= 15 is 0 Å². The van der Waals surface area contributed by atoms with Crippen LogP contribution < -0.4 is 5.32 Å². The van der Waals surface area contributed by atoms with Gasteiger partial charge < -0.3 is 9.80 Å². The molecule has 0 amide bonds. The van der Waals surface area contributed by atoms with Crippen molar-refractivity contribution in [3.05, 3.63) is 0 Å². The molecule has 0 spiro atoms. The average molecular weight is 294 g/mol. The lowest BCUT2D eigenvalue weighted by Crippen LogP contribution is -2.46. The van der Waals surface area contributed by atoms with E-state index in [1.807, 2.05) is 6.92 Å². The van der Waals surface area contributed by atoms with E-state index in [2.05, 4.69) is 35.0 Å². The molecule has 21 heavy (non-hydrogen) atoms. The molecular formula is C17H34N4. The van der Waals surface area contributed by atoms with Gasteiger partial charge >= 0.3 is 0 Å². The Balaban J connectivity index is 2.13. The number of piperazine rings is 1. The number of hydrogen-bond donors (Lipinski definition) is 1. The fraction of sp³-hybridized carbons (Fsp3) is 0.941. The zero-order valence-electron chi connectivity index (χ0n) is 14.3. The van der Waals surface area contributed by atoms with Crippen LogP contribution in [0.15, 0.2) is 0 Å². The summed E-state index contributed by atoms with van der Waals surface area (Å²) in [7, 11) is 0. The van der Waals surface area contributed by atoms with Crippen LogP contribution in [0.5, 0.6) is 0 Å². The predicted octanol–water partition coefficient (Wildman–Crippen LogP) is 2.47. The summed E-state index contributed by atoms with van der Waals surface area (Å²) in [4.78, 5) is 5.15. The largest absolute Gasteiger partial charge is 0.301 e. The first-order valence-corrected chi connectivity index (χ1v) is 8.74. The summed E-state index contributed by atoms with van der Waals surface area (Å²) in [5.74, 6) is 0. The molecule has 1 heterocycles. The summed E-state index contributed by atoms with van der Waals surface area (Å²) >= 11 is 0. The summed E-state index contributed by atoms with van der Waals surface area (Å²) in [5, 5.41) is 12.7. The molecule has 122 valence electrons. The van der Waals surface area contributed by atoms with E-state index in [0.29, 0.717) is 0 Å². The third-order valence-corrected chi connectivity index (χ3v) is 4.42. The second-order valence-corrected chi connectivity index (χ2v) is 6.51. The second-order valence-electron chi connectivity index (χ2n) is 6.51. The summed E-state index contributed by atoms with van der Waals surface area (Å²) < 4.78 is 0. The molecule has 1 N–H and O–H groups in total. The van der Waals surface area contributed by atoms with Crippen LogP contribution in [-0.4, -0.2) is 61.2 Å². The van der Waals surface area contributed by atoms with E-state index < -0.39 is 0 Å². The van der Waals surface area contributed by atoms with Crippen LogP contribution in [-0.2, 0) is 0 Å². The number of nitrogens with one attached hydrogen (secondary N) is 1.